The second-order valence-corrected chi connectivity index (χ2v) is 5.45. The van der Waals surface area contributed by atoms with Gasteiger partial charge in [0.1, 0.15) is 0 Å². The van der Waals surface area contributed by atoms with Crippen molar-refractivity contribution in [1.82, 2.24) is 5.32 Å². The molecule has 0 saturated heterocycles. The van der Waals surface area contributed by atoms with Crippen LogP contribution < -0.4 is 5.32 Å². The molecule has 1 N–H and O–H groups in total. The fraction of sp³-hybridized carbons (Fsp3) is 0.312. The molecule has 0 atom stereocenters. The highest BCUT2D eigenvalue weighted by molar-refractivity contribution is 5.96. The molecule has 0 spiro atoms. The van der Waals surface area contributed by atoms with Crippen LogP contribution in [0.1, 0.15) is 36.2 Å². The van der Waals surface area contributed by atoms with Gasteiger partial charge in [-0.05, 0) is 36.5 Å². The lowest BCUT2D eigenvalue weighted by Gasteiger charge is -2.22. The van der Waals surface area contributed by atoms with Gasteiger partial charge in [0.05, 0.1) is 0 Å². The number of amides is 1. The maximum absolute atomic E-state index is 12.1. The van der Waals surface area contributed by atoms with E-state index in [9.17, 15) is 4.79 Å². The first-order valence-electron chi connectivity index (χ1n) is 6.24. The third kappa shape index (κ3) is 2.89. The zero-order valence-electron chi connectivity index (χ0n) is 11.2. The van der Waals surface area contributed by atoms with Crippen molar-refractivity contribution in [3.05, 3.63) is 59.3 Å². The Kier molecular flexibility index (Phi) is 3.37. The van der Waals surface area contributed by atoms with Gasteiger partial charge in [-0.25, -0.2) is 0 Å². The Balaban J connectivity index is 2.08. The summed E-state index contributed by atoms with van der Waals surface area (Å²) in [5.74, 6) is -0.0382. The summed E-state index contributed by atoms with van der Waals surface area (Å²) >= 11 is 0. The average Bonchev–Trinajstić information content (AvgIpc) is 2.32. The molecule has 0 unspecified atom stereocenters. The maximum atomic E-state index is 12.1. The van der Waals surface area contributed by atoms with Crippen LogP contribution in [0.3, 0.4) is 0 Å². The molecule has 2 rings (SSSR count). The van der Waals surface area contributed by atoms with Crippen molar-refractivity contribution in [2.45, 2.75) is 27.2 Å². The monoisotopic (exact) mass is 241 g/mol. The van der Waals surface area contributed by atoms with Crippen molar-refractivity contribution < 1.29 is 4.79 Å². The van der Waals surface area contributed by atoms with Gasteiger partial charge < -0.3 is 5.32 Å². The molecule has 1 aromatic rings. The van der Waals surface area contributed by atoms with Gasteiger partial charge in [0.2, 0.25) is 0 Å². The predicted octanol–water partition coefficient (Wildman–Crippen LogP) is 3.59. The zero-order valence-corrected chi connectivity index (χ0v) is 11.2. The topological polar surface area (TPSA) is 29.1 Å². The first-order valence-corrected chi connectivity index (χ1v) is 6.24. The normalized spacial score (nSPS) is 17.2. The summed E-state index contributed by atoms with van der Waals surface area (Å²) in [6, 6.07) is 7.62. The summed E-state index contributed by atoms with van der Waals surface area (Å²) in [6.07, 6.45) is 7.16. The van der Waals surface area contributed by atoms with Crippen molar-refractivity contribution in [2.75, 3.05) is 0 Å². The molecule has 0 saturated carbocycles. The Bertz CT molecular complexity index is 524. The fourth-order valence-corrected chi connectivity index (χ4v) is 1.94. The van der Waals surface area contributed by atoms with Gasteiger partial charge in [-0.1, -0.05) is 44.2 Å². The molecule has 2 nitrogen and oxygen atoms in total. The van der Waals surface area contributed by atoms with Crippen molar-refractivity contribution in [3.63, 3.8) is 0 Å². The van der Waals surface area contributed by atoms with Gasteiger partial charge >= 0.3 is 0 Å². The fourth-order valence-electron chi connectivity index (χ4n) is 1.94. The largest absolute Gasteiger partial charge is 0.322 e. The Morgan fingerprint density at radius 1 is 1.28 bits per heavy atom. The van der Waals surface area contributed by atoms with Gasteiger partial charge in [-0.2, -0.15) is 0 Å². The van der Waals surface area contributed by atoms with Crippen molar-refractivity contribution in [2.24, 2.45) is 5.41 Å². The van der Waals surface area contributed by atoms with Crippen molar-refractivity contribution >= 4 is 5.91 Å². The highest BCUT2D eigenvalue weighted by Crippen LogP contribution is 2.27. The highest BCUT2D eigenvalue weighted by Gasteiger charge is 2.17. The number of carbonyl (C=O) groups is 1. The van der Waals surface area contributed by atoms with E-state index in [0.717, 1.165) is 23.2 Å². The standard InChI is InChI=1S/C16H19NO/c1-12-6-4-5-7-14(12)15(18)17-13-8-10-16(2,3)11-9-13/h4-10H,11H2,1-3H3,(H,17,18). The van der Waals surface area contributed by atoms with Crippen molar-refractivity contribution in [1.29, 1.82) is 0 Å². The van der Waals surface area contributed by atoms with E-state index < -0.39 is 0 Å². The molecule has 0 bridgehead atoms. The van der Waals surface area contributed by atoms with Gasteiger partial charge in [-0.15, -0.1) is 0 Å². The van der Waals surface area contributed by atoms with E-state index in [1.807, 2.05) is 37.3 Å². The molecule has 0 aliphatic heterocycles. The van der Waals surface area contributed by atoms with E-state index in [0.29, 0.717) is 0 Å². The molecule has 1 aliphatic carbocycles. The Labute approximate surface area is 108 Å². The zero-order chi connectivity index (χ0) is 13.2. The number of rotatable bonds is 2. The smallest absolute Gasteiger partial charge is 0.255 e. The minimum Gasteiger partial charge on any atom is -0.322 e. The quantitative estimate of drug-likeness (QED) is 0.842. The second-order valence-electron chi connectivity index (χ2n) is 5.45. The van der Waals surface area contributed by atoms with Crippen LogP contribution in [-0.2, 0) is 0 Å². The van der Waals surface area contributed by atoms with E-state index in [-0.39, 0.29) is 11.3 Å². The summed E-state index contributed by atoms with van der Waals surface area (Å²) in [5.41, 5.74) is 2.81. The maximum Gasteiger partial charge on any atom is 0.255 e. The Morgan fingerprint density at radius 2 is 2.00 bits per heavy atom. The van der Waals surface area contributed by atoms with Crippen LogP contribution in [0.5, 0.6) is 0 Å². The van der Waals surface area contributed by atoms with Crippen LogP contribution in [0.25, 0.3) is 0 Å². The minimum absolute atomic E-state index is 0.0382. The lowest BCUT2D eigenvalue weighted by atomic mass is 9.85. The Hall–Kier alpha value is -1.83. The number of benzene rings is 1. The number of hydrogen-bond acceptors (Lipinski definition) is 1. The number of allylic oxidation sites excluding steroid dienone is 3. The molecular formula is C16H19NO. The number of carbonyl (C=O) groups excluding carboxylic acids is 1. The van der Waals surface area contributed by atoms with E-state index in [4.69, 9.17) is 0 Å². The number of nitrogens with one attached hydrogen (secondary N) is 1. The van der Waals surface area contributed by atoms with E-state index in [1.54, 1.807) is 0 Å². The van der Waals surface area contributed by atoms with Crippen LogP contribution in [-0.4, -0.2) is 5.91 Å². The summed E-state index contributed by atoms with van der Waals surface area (Å²) in [4.78, 5) is 12.1. The molecule has 0 radical (unpaired) electrons. The van der Waals surface area contributed by atoms with Crippen LogP contribution in [0.4, 0.5) is 0 Å². The third-order valence-electron chi connectivity index (χ3n) is 3.21. The van der Waals surface area contributed by atoms with Gasteiger partial charge in [-0.3, -0.25) is 4.79 Å². The average molecular weight is 241 g/mol. The van der Waals surface area contributed by atoms with Crippen LogP contribution in [0, 0.1) is 12.3 Å². The molecule has 94 valence electrons. The molecule has 1 aromatic carbocycles. The summed E-state index contributed by atoms with van der Waals surface area (Å²) in [7, 11) is 0. The molecule has 0 heterocycles. The SMILES string of the molecule is Cc1ccccc1C(=O)NC1=CCC(C)(C)C=C1. The van der Waals surface area contributed by atoms with E-state index in [1.165, 1.54) is 0 Å². The third-order valence-corrected chi connectivity index (χ3v) is 3.21. The van der Waals surface area contributed by atoms with Gasteiger partial charge in [0.25, 0.3) is 5.91 Å². The molecule has 0 aromatic heterocycles. The van der Waals surface area contributed by atoms with E-state index in [2.05, 4.69) is 31.3 Å². The van der Waals surface area contributed by atoms with Crippen LogP contribution >= 0.6 is 0 Å². The van der Waals surface area contributed by atoms with Gasteiger partial charge in [0.15, 0.2) is 0 Å². The van der Waals surface area contributed by atoms with E-state index >= 15 is 0 Å². The highest BCUT2D eigenvalue weighted by atomic mass is 16.1. The summed E-state index contributed by atoms with van der Waals surface area (Å²) in [5, 5.41) is 2.95. The second kappa shape index (κ2) is 4.81. The van der Waals surface area contributed by atoms with Crippen LogP contribution in [0.2, 0.25) is 0 Å². The summed E-state index contributed by atoms with van der Waals surface area (Å²) < 4.78 is 0. The lowest BCUT2D eigenvalue weighted by Crippen LogP contribution is -2.24. The first-order chi connectivity index (χ1) is 8.48. The molecular weight excluding hydrogens is 222 g/mol. The molecule has 18 heavy (non-hydrogen) atoms. The summed E-state index contributed by atoms with van der Waals surface area (Å²) in [6.45, 7) is 6.31. The molecule has 1 aliphatic rings. The predicted molar refractivity (Wildman–Crippen MR) is 74.3 cm³/mol. The molecule has 2 heteroatoms. The minimum atomic E-state index is -0.0382. The van der Waals surface area contributed by atoms with Crippen molar-refractivity contribution in [3.8, 4) is 0 Å². The molecule has 0 fully saturated rings. The molecule has 1 amide bonds. The Morgan fingerprint density at radius 3 is 2.61 bits per heavy atom. The first kappa shape index (κ1) is 12.6. The number of aryl methyl sites for hydroxylation is 1. The van der Waals surface area contributed by atoms with Gasteiger partial charge in [0, 0.05) is 11.3 Å². The van der Waals surface area contributed by atoms with Crippen LogP contribution in [0.15, 0.2) is 48.2 Å². The number of hydrogen-bond donors (Lipinski definition) is 1. The lowest BCUT2D eigenvalue weighted by molar-refractivity contribution is 0.0966.